The van der Waals surface area contributed by atoms with E-state index < -0.39 is 47.5 Å². The Kier molecular flexibility index (Phi) is 2.51. The molecule has 0 unspecified atom stereocenters. The number of fused-ring (bicyclic) bond motifs is 3. The van der Waals surface area contributed by atoms with Crippen molar-refractivity contribution in [2.75, 3.05) is 0 Å². The summed E-state index contributed by atoms with van der Waals surface area (Å²) in [6.07, 6.45) is -0.767. The molecule has 0 spiro atoms. The average Bonchev–Trinajstić information content (AvgIpc) is 2.87. The maximum Gasteiger partial charge on any atom is 0.334 e. The van der Waals surface area contributed by atoms with Gasteiger partial charge < -0.3 is 14.6 Å². The predicted molar refractivity (Wildman–Crippen MR) is 69.3 cm³/mol. The van der Waals surface area contributed by atoms with Gasteiger partial charge >= 0.3 is 11.9 Å². The molecule has 1 N–H and O–H groups in total. The van der Waals surface area contributed by atoms with Crippen molar-refractivity contribution in [1.29, 1.82) is 0 Å². The maximum absolute atomic E-state index is 11.8. The third kappa shape index (κ3) is 1.31. The molecular weight excluding hydrogens is 260 g/mol. The van der Waals surface area contributed by atoms with Crippen LogP contribution in [0, 0.1) is 17.3 Å². The molecule has 106 valence electrons. The third-order valence-electron chi connectivity index (χ3n) is 4.88. The Labute approximate surface area is 116 Å². The molecule has 2 heterocycles. The van der Waals surface area contributed by atoms with Crippen molar-refractivity contribution in [2.45, 2.75) is 25.2 Å². The minimum atomic E-state index is -0.985. The summed E-state index contributed by atoms with van der Waals surface area (Å²) in [6.45, 7) is 13.0. The molecule has 3 rings (SSSR count). The van der Waals surface area contributed by atoms with Crippen molar-refractivity contribution in [1.82, 2.24) is 0 Å². The number of ether oxygens (including phenoxy) is 2. The van der Waals surface area contributed by atoms with Crippen LogP contribution in [0.3, 0.4) is 0 Å². The van der Waals surface area contributed by atoms with E-state index in [1.807, 2.05) is 0 Å². The van der Waals surface area contributed by atoms with Crippen molar-refractivity contribution >= 4 is 11.9 Å². The van der Waals surface area contributed by atoms with Gasteiger partial charge in [0.25, 0.3) is 0 Å². The van der Waals surface area contributed by atoms with Crippen LogP contribution < -0.4 is 0 Å². The smallest absolute Gasteiger partial charge is 0.334 e. The zero-order valence-electron chi connectivity index (χ0n) is 11.2. The largest absolute Gasteiger partial charge is 0.458 e. The highest BCUT2D eigenvalue weighted by Gasteiger charge is 2.65. The van der Waals surface area contributed by atoms with Crippen molar-refractivity contribution in [3.8, 4) is 0 Å². The van der Waals surface area contributed by atoms with Gasteiger partial charge in [-0.2, -0.15) is 0 Å². The fourth-order valence-electron chi connectivity index (χ4n) is 3.64. The number of aliphatic hydroxyl groups is 1. The Morgan fingerprint density at radius 3 is 2.30 bits per heavy atom. The fraction of sp³-hybridized carbons (Fsp3) is 0.467. The topological polar surface area (TPSA) is 72.8 Å². The summed E-state index contributed by atoms with van der Waals surface area (Å²) < 4.78 is 10.6. The summed E-state index contributed by atoms with van der Waals surface area (Å²) in [4.78, 5) is 23.5. The van der Waals surface area contributed by atoms with Crippen molar-refractivity contribution in [3.05, 3.63) is 37.0 Å². The second-order valence-electron chi connectivity index (χ2n) is 5.81. The quantitative estimate of drug-likeness (QED) is 0.434. The van der Waals surface area contributed by atoms with Crippen LogP contribution >= 0.6 is 0 Å². The van der Waals surface area contributed by atoms with E-state index in [9.17, 15) is 14.7 Å². The molecule has 1 saturated carbocycles. The molecule has 3 fully saturated rings. The van der Waals surface area contributed by atoms with Gasteiger partial charge in [-0.1, -0.05) is 26.2 Å². The number of aliphatic hydroxyl groups excluding tert-OH is 1. The lowest BCUT2D eigenvalue weighted by atomic mass is 9.58. The molecule has 0 amide bonds. The van der Waals surface area contributed by atoms with E-state index >= 15 is 0 Å². The summed E-state index contributed by atoms with van der Waals surface area (Å²) in [5, 5.41) is 10.6. The Hall–Kier alpha value is -1.88. The van der Waals surface area contributed by atoms with Crippen molar-refractivity contribution in [3.63, 3.8) is 0 Å². The predicted octanol–water partition coefficient (Wildman–Crippen LogP) is 0.749. The first-order chi connectivity index (χ1) is 9.32. The number of hydrogen-bond donors (Lipinski definition) is 1. The number of carbonyl (C=O) groups is 2. The molecule has 2 aliphatic heterocycles. The molecule has 3 aliphatic rings. The monoisotopic (exact) mass is 276 g/mol. The highest BCUT2D eigenvalue weighted by Crippen LogP contribution is 2.56. The van der Waals surface area contributed by atoms with Crippen LogP contribution in [0.4, 0.5) is 0 Å². The Morgan fingerprint density at radius 1 is 1.15 bits per heavy atom. The third-order valence-corrected chi connectivity index (χ3v) is 4.88. The minimum absolute atomic E-state index is 0.234. The van der Waals surface area contributed by atoms with E-state index in [1.165, 1.54) is 0 Å². The van der Waals surface area contributed by atoms with E-state index in [-0.39, 0.29) is 5.57 Å². The van der Waals surface area contributed by atoms with Gasteiger partial charge in [0.2, 0.25) is 0 Å². The second kappa shape index (κ2) is 3.82. The first-order valence-corrected chi connectivity index (χ1v) is 6.44. The molecule has 0 radical (unpaired) electrons. The molecule has 5 heteroatoms. The van der Waals surface area contributed by atoms with Gasteiger partial charge in [-0.15, -0.1) is 6.58 Å². The molecule has 0 bridgehead atoms. The van der Waals surface area contributed by atoms with Crippen LogP contribution in [0.15, 0.2) is 37.0 Å². The number of hydrogen-bond acceptors (Lipinski definition) is 5. The SMILES string of the molecule is C=C[C@@]1(C)[C@@H]2C(=C)C(=O)O[C@@H]2[C@H]2C(=C)C(=O)O[C@H]2[C@@H]1O. The van der Waals surface area contributed by atoms with Crippen LogP contribution in [0.25, 0.3) is 0 Å². The lowest BCUT2D eigenvalue weighted by Gasteiger charge is -2.47. The molecule has 2 saturated heterocycles. The molecule has 5 nitrogen and oxygen atoms in total. The molecule has 6 atom stereocenters. The fourth-order valence-corrected chi connectivity index (χ4v) is 3.64. The van der Waals surface area contributed by atoms with E-state index in [2.05, 4.69) is 19.7 Å². The molecule has 1 aliphatic carbocycles. The van der Waals surface area contributed by atoms with Crippen molar-refractivity contribution in [2.24, 2.45) is 17.3 Å². The molecule has 0 aromatic carbocycles. The highest BCUT2D eigenvalue weighted by molar-refractivity contribution is 5.94. The summed E-state index contributed by atoms with van der Waals surface area (Å²) in [6, 6.07) is 0. The van der Waals surface area contributed by atoms with E-state index in [0.29, 0.717) is 5.57 Å². The zero-order valence-corrected chi connectivity index (χ0v) is 11.2. The van der Waals surface area contributed by atoms with Gasteiger partial charge in [0.15, 0.2) is 0 Å². The zero-order chi connectivity index (χ0) is 14.8. The van der Waals surface area contributed by atoms with Gasteiger partial charge in [0.05, 0.1) is 5.92 Å². The number of esters is 2. The molecular formula is C15H16O5. The average molecular weight is 276 g/mol. The van der Waals surface area contributed by atoms with Crippen LogP contribution in [-0.4, -0.2) is 35.4 Å². The van der Waals surface area contributed by atoms with E-state index in [1.54, 1.807) is 13.0 Å². The Balaban J connectivity index is 2.15. The number of rotatable bonds is 1. The Morgan fingerprint density at radius 2 is 1.70 bits per heavy atom. The minimum Gasteiger partial charge on any atom is -0.458 e. The lowest BCUT2D eigenvalue weighted by molar-refractivity contribution is -0.168. The summed E-state index contributed by atoms with van der Waals surface area (Å²) in [7, 11) is 0. The van der Waals surface area contributed by atoms with Gasteiger partial charge in [-0.25, -0.2) is 9.59 Å². The van der Waals surface area contributed by atoms with Crippen LogP contribution in [0.1, 0.15) is 6.92 Å². The van der Waals surface area contributed by atoms with Crippen LogP contribution in [-0.2, 0) is 19.1 Å². The maximum atomic E-state index is 11.8. The molecule has 0 aromatic rings. The van der Waals surface area contributed by atoms with Crippen LogP contribution in [0.2, 0.25) is 0 Å². The van der Waals surface area contributed by atoms with Crippen molar-refractivity contribution < 1.29 is 24.2 Å². The first-order valence-electron chi connectivity index (χ1n) is 6.44. The highest BCUT2D eigenvalue weighted by atomic mass is 16.6. The molecule has 20 heavy (non-hydrogen) atoms. The summed E-state index contributed by atoms with van der Waals surface area (Å²) in [5.74, 6) is -2.03. The lowest BCUT2D eigenvalue weighted by Crippen LogP contribution is -2.57. The molecule has 0 aromatic heterocycles. The van der Waals surface area contributed by atoms with E-state index in [0.717, 1.165) is 0 Å². The second-order valence-corrected chi connectivity index (χ2v) is 5.81. The standard InChI is InChI=1S/C15H16O5/c1-5-15(4)9-7(3)14(18)19-10(9)8-6(2)13(17)20-11(8)12(15)16/h5,8-12,16H,1-3H2,4H3/t8-,9-,10-,11-,12+,15+/m1/s1. The summed E-state index contributed by atoms with van der Waals surface area (Å²) in [5.41, 5.74) is -0.320. The van der Waals surface area contributed by atoms with Gasteiger partial charge in [-0.3, -0.25) is 0 Å². The number of carbonyl (C=O) groups excluding carboxylic acids is 2. The normalized spacial score (nSPS) is 46.6. The van der Waals surface area contributed by atoms with Gasteiger partial charge in [0.1, 0.15) is 18.3 Å². The summed E-state index contributed by atoms with van der Waals surface area (Å²) >= 11 is 0. The first kappa shape index (κ1) is 13.1. The van der Waals surface area contributed by atoms with Gasteiger partial charge in [-0.05, 0) is 0 Å². The van der Waals surface area contributed by atoms with Crippen LogP contribution in [0.5, 0.6) is 0 Å². The Bertz CT molecular complexity index is 563. The van der Waals surface area contributed by atoms with Gasteiger partial charge in [0, 0.05) is 22.5 Å². The van der Waals surface area contributed by atoms with E-state index in [4.69, 9.17) is 9.47 Å².